The van der Waals surface area contributed by atoms with E-state index in [0.717, 1.165) is 24.1 Å². The Morgan fingerprint density at radius 1 is 1.57 bits per heavy atom. The standard InChI is InChI=1S/C11H16N2O/c1-4-5-13-8-11(7-12-13)6-9(2)10(3)14/h6-8H,4-5H2,1-3H3/b9-6-. The lowest BCUT2D eigenvalue weighted by Gasteiger charge is -1.94. The fraction of sp³-hybridized carbons (Fsp3) is 0.455. The number of aromatic nitrogens is 2. The van der Waals surface area contributed by atoms with Crippen LogP contribution in [0.1, 0.15) is 32.8 Å². The number of hydrogen-bond acceptors (Lipinski definition) is 2. The molecule has 0 radical (unpaired) electrons. The summed E-state index contributed by atoms with van der Waals surface area (Å²) in [5.41, 5.74) is 1.76. The summed E-state index contributed by atoms with van der Waals surface area (Å²) in [5.74, 6) is 0.105. The lowest BCUT2D eigenvalue weighted by atomic mass is 10.1. The molecule has 0 unspecified atom stereocenters. The maximum atomic E-state index is 11.0. The molecular formula is C11H16N2O. The molecule has 0 saturated heterocycles. The van der Waals surface area contributed by atoms with E-state index in [1.807, 2.05) is 23.9 Å². The minimum atomic E-state index is 0.105. The molecule has 1 heterocycles. The van der Waals surface area contributed by atoms with Gasteiger partial charge in [0, 0.05) is 18.3 Å². The van der Waals surface area contributed by atoms with Crippen LogP contribution in [0.15, 0.2) is 18.0 Å². The van der Waals surface area contributed by atoms with Crippen LogP contribution in [0.2, 0.25) is 0 Å². The monoisotopic (exact) mass is 192 g/mol. The second-order valence-corrected chi connectivity index (χ2v) is 3.42. The summed E-state index contributed by atoms with van der Waals surface area (Å²) in [6, 6.07) is 0. The molecule has 0 spiro atoms. The summed E-state index contributed by atoms with van der Waals surface area (Å²) < 4.78 is 1.89. The molecule has 3 heteroatoms. The first-order chi connectivity index (χ1) is 6.63. The number of Topliss-reactive ketones (excluding diaryl/α,β-unsaturated/α-hetero) is 1. The van der Waals surface area contributed by atoms with Gasteiger partial charge in [-0.15, -0.1) is 0 Å². The Morgan fingerprint density at radius 3 is 2.86 bits per heavy atom. The number of ketones is 1. The predicted molar refractivity (Wildman–Crippen MR) is 56.9 cm³/mol. The lowest BCUT2D eigenvalue weighted by molar-refractivity contribution is -0.113. The first-order valence-electron chi connectivity index (χ1n) is 4.85. The number of nitrogens with zero attached hydrogens (tertiary/aromatic N) is 2. The molecule has 0 aliphatic heterocycles. The van der Waals surface area contributed by atoms with E-state index >= 15 is 0 Å². The van der Waals surface area contributed by atoms with Crippen molar-refractivity contribution in [3.63, 3.8) is 0 Å². The molecule has 76 valence electrons. The van der Waals surface area contributed by atoms with Gasteiger partial charge >= 0.3 is 0 Å². The summed E-state index contributed by atoms with van der Waals surface area (Å²) in [6.07, 6.45) is 6.66. The van der Waals surface area contributed by atoms with Gasteiger partial charge in [0.15, 0.2) is 5.78 Å². The summed E-state index contributed by atoms with van der Waals surface area (Å²) >= 11 is 0. The highest BCUT2D eigenvalue weighted by atomic mass is 16.1. The molecule has 0 saturated carbocycles. The van der Waals surface area contributed by atoms with Crippen LogP contribution in [-0.2, 0) is 11.3 Å². The number of carbonyl (C=O) groups excluding carboxylic acids is 1. The summed E-state index contributed by atoms with van der Waals surface area (Å²) in [6.45, 7) is 6.42. The molecule has 0 aromatic carbocycles. The molecule has 0 aliphatic rings. The van der Waals surface area contributed by atoms with Gasteiger partial charge in [-0.2, -0.15) is 5.10 Å². The third-order valence-electron chi connectivity index (χ3n) is 2.04. The highest BCUT2D eigenvalue weighted by Gasteiger charge is 1.98. The molecule has 1 aromatic heterocycles. The number of allylic oxidation sites excluding steroid dienone is 1. The van der Waals surface area contributed by atoms with E-state index < -0.39 is 0 Å². The highest BCUT2D eigenvalue weighted by Crippen LogP contribution is 2.06. The van der Waals surface area contributed by atoms with Crippen LogP contribution in [0.3, 0.4) is 0 Å². The lowest BCUT2D eigenvalue weighted by Crippen LogP contribution is -1.95. The first-order valence-corrected chi connectivity index (χ1v) is 4.85. The van der Waals surface area contributed by atoms with Crippen molar-refractivity contribution in [2.75, 3.05) is 0 Å². The van der Waals surface area contributed by atoms with Gasteiger partial charge in [-0.1, -0.05) is 6.92 Å². The van der Waals surface area contributed by atoms with Crippen LogP contribution >= 0.6 is 0 Å². The van der Waals surface area contributed by atoms with Gasteiger partial charge in [0.25, 0.3) is 0 Å². The zero-order chi connectivity index (χ0) is 10.6. The molecule has 0 N–H and O–H groups in total. The van der Waals surface area contributed by atoms with E-state index in [1.54, 1.807) is 13.1 Å². The van der Waals surface area contributed by atoms with Crippen LogP contribution in [-0.4, -0.2) is 15.6 Å². The van der Waals surface area contributed by atoms with Gasteiger partial charge < -0.3 is 0 Å². The minimum Gasteiger partial charge on any atom is -0.295 e. The van der Waals surface area contributed by atoms with Crippen LogP contribution in [0.5, 0.6) is 0 Å². The van der Waals surface area contributed by atoms with Crippen LogP contribution in [0.25, 0.3) is 6.08 Å². The Morgan fingerprint density at radius 2 is 2.29 bits per heavy atom. The Labute approximate surface area is 84.4 Å². The predicted octanol–water partition coefficient (Wildman–Crippen LogP) is 2.29. The summed E-state index contributed by atoms with van der Waals surface area (Å²) in [4.78, 5) is 11.0. The highest BCUT2D eigenvalue weighted by molar-refractivity contribution is 5.96. The number of carbonyl (C=O) groups is 1. The Bertz CT molecular complexity index is 350. The second kappa shape index (κ2) is 4.74. The van der Waals surface area contributed by atoms with Gasteiger partial charge in [-0.3, -0.25) is 9.48 Å². The van der Waals surface area contributed by atoms with Gasteiger partial charge in [-0.05, 0) is 31.9 Å². The molecule has 1 rings (SSSR count). The number of rotatable bonds is 4. The molecule has 0 aliphatic carbocycles. The largest absolute Gasteiger partial charge is 0.295 e. The second-order valence-electron chi connectivity index (χ2n) is 3.42. The van der Waals surface area contributed by atoms with Gasteiger partial charge in [0.2, 0.25) is 0 Å². The average molecular weight is 192 g/mol. The van der Waals surface area contributed by atoms with E-state index in [4.69, 9.17) is 0 Å². The molecule has 0 amide bonds. The van der Waals surface area contributed by atoms with Crippen LogP contribution < -0.4 is 0 Å². The summed E-state index contributed by atoms with van der Waals surface area (Å²) in [5, 5.41) is 4.18. The molecule has 3 nitrogen and oxygen atoms in total. The smallest absolute Gasteiger partial charge is 0.155 e. The van der Waals surface area contributed by atoms with Crippen molar-refractivity contribution in [3.05, 3.63) is 23.5 Å². The van der Waals surface area contributed by atoms with Crippen molar-refractivity contribution in [2.24, 2.45) is 0 Å². The van der Waals surface area contributed by atoms with Crippen molar-refractivity contribution in [2.45, 2.75) is 33.7 Å². The zero-order valence-electron chi connectivity index (χ0n) is 8.95. The maximum absolute atomic E-state index is 11.0. The third kappa shape index (κ3) is 2.83. The van der Waals surface area contributed by atoms with Crippen LogP contribution in [0, 0.1) is 0 Å². The normalized spacial score (nSPS) is 11.8. The molecule has 1 aromatic rings. The molecule has 0 atom stereocenters. The van der Waals surface area contributed by atoms with E-state index in [9.17, 15) is 4.79 Å². The summed E-state index contributed by atoms with van der Waals surface area (Å²) in [7, 11) is 0. The Hall–Kier alpha value is -1.38. The topological polar surface area (TPSA) is 34.9 Å². The SMILES string of the molecule is CCCn1cc(/C=C(/C)C(C)=O)cn1. The van der Waals surface area contributed by atoms with Crippen LogP contribution in [0.4, 0.5) is 0 Å². The van der Waals surface area contributed by atoms with Crippen molar-refractivity contribution < 1.29 is 4.79 Å². The maximum Gasteiger partial charge on any atom is 0.155 e. The van der Waals surface area contributed by atoms with Gasteiger partial charge in [-0.25, -0.2) is 0 Å². The first kappa shape index (κ1) is 10.7. The molecular weight excluding hydrogens is 176 g/mol. The molecule has 0 fully saturated rings. The number of hydrogen-bond donors (Lipinski definition) is 0. The van der Waals surface area contributed by atoms with Gasteiger partial charge in [0.05, 0.1) is 6.20 Å². The Kier molecular flexibility index (Phi) is 3.63. The van der Waals surface area contributed by atoms with E-state index in [2.05, 4.69) is 12.0 Å². The van der Waals surface area contributed by atoms with Crippen molar-refractivity contribution >= 4 is 11.9 Å². The Balaban J connectivity index is 2.77. The van der Waals surface area contributed by atoms with E-state index in [1.165, 1.54) is 0 Å². The van der Waals surface area contributed by atoms with Crippen molar-refractivity contribution in [3.8, 4) is 0 Å². The quantitative estimate of drug-likeness (QED) is 0.686. The fourth-order valence-corrected chi connectivity index (χ4v) is 1.16. The zero-order valence-corrected chi connectivity index (χ0v) is 8.95. The number of aryl methyl sites for hydroxylation is 1. The molecule has 0 bridgehead atoms. The minimum absolute atomic E-state index is 0.105. The van der Waals surface area contributed by atoms with Crippen molar-refractivity contribution in [1.29, 1.82) is 0 Å². The van der Waals surface area contributed by atoms with Crippen molar-refractivity contribution in [1.82, 2.24) is 9.78 Å². The van der Waals surface area contributed by atoms with E-state index in [-0.39, 0.29) is 5.78 Å². The fourth-order valence-electron chi connectivity index (χ4n) is 1.16. The molecule has 14 heavy (non-hydrogen) atoms. The average Bonchev–Trinajstić information content (AvgIpc) is 2.53. The third-order valence-corrected chi connectivity index (χ3v) is 2.04. The van der Waals surface area contributed by atoms with E-state index in [0.29, 0.717) is 0 Å². The van der Waals surface area contributed by atoms with Gasteiger partial charge in [0.1, 0.15) is 0 Å².